The molecule has 0 radical (unpaired) electrons. The molecular formula is C22H26FN3O. The van der Waals surface area contributed by atoms with E-state index in [0.29, 0.717) is 23.9 Å². The van der Waals surface area contributed by atoms with Crippen LogP contribution in [0.15, 0.2) is 36.7 Å². The molecule has 1 aromatic heterocycles. The van der Waals surface area contributed by atoms with E-state index in [2.05, 4.69) is 26.7 Å². The van der Waals surface area contributed by atoms with Crippen LogP contribution in [0, 0.1) is 23.6 Å². The van der Waals surface area contributed by atoms with Crippen molar-refractivity contribution >= 4 is 0 Å². The average molecular weight is 367 g/mol. The van der Waals surface area contributed by atoms with Gasteiger partial charge in [-0.05, 0) is 58.8 Å². The summed E-state index contributed by atoms with van der Waals surface area (Å²) >= 11 is 0. The first-order valence-corrected chi connectivity index (χ1v) is 9.38. The second kappa shape index (κ2) is 8.49. The zero-order valence-electron chi connectivity index (χ0n) is 16.2. The first-order chi connectivity index (χ1) is 12.9. The number of rotatable bonds is 3. The van der Waals surface area contributed by atoms with Gasteiger partial charge in [0.05, 0.1) is 5.56 Å². The maximum Gasteiger partial charge on any atom is 0.237 e. The van der Waals surface area contributed by atoms with Crippen LogP contribution in [-0.2, 0) is 6.54 Å². The average Bonchev–Trinajstić information content (AvgIpc) is 2.63. The van der Waals surface area contributed by atoms with Crippen LogP contribution < -0.4 is 4.74 Å². The highest BCUT2D eigenvalue weighted by Crippen LogP contribution is 2.23. The molecule has 1 aliphatic rings. The molecule has 27 heavy (non-hydrogen) atoms. The van der Waals surface area contributed by atoms with Crippen LogP contribution >= 0.6 is 0 Å². The van der Waals surface area contributed by atoms with Crippen molar-refractivity contribution in [2.45, 2.75) is 45.8 Å². The predicted octanol–water partition coefficient (Wildman–Crippen LogP) is 4.06. The van der Waals surface area contributed by atoms with E-state index in [1.165, 1.54) is 6.07 Å². The zero-order valence-corrected chi connectivity index (χ0v) is 16.2. The monoisotopic (exact) mass is 367 g/mol. The van der Waals surface area contributed by atoms with Crippen molar-refractivity contribution < 1.29 is 9.13 Å². The fraction of sp³-hybridized carbons (Fsp3) is 0.455. The Balaban J connectivity index is 1.57. The smallest absolute Gasteiger partial charge is 0.237 e. The predicted molar refractivity (Wildman–Crippen MR) is 104 cm³/mol. The molecule has 1 saturated heterocycles. The highest BCUT2D eigenvalue weighted by molar-refractivity contribution is 5.35. The van der Waals surface area contributed by atoms with Gasteiger partial charge in [0.25, 0.3) is 0 Å². The Morgan fingerprint density at radius 2 is 1.85 bits per heavy atom. The zero-order chi connectivity index (χ0) is 19.3. The molecule has 0 N–H and O–H groups in total. The standard InChI is InChI=1S/C22H26FN3O/c1-22(2,3)27-21-20(24-12-13-25-21)16-26-14-10-17(11-15-26)8-9-18-6-4-5-7-19(18)23/h4-7,12-13,17H,10-11,14-16H2,1-3H3. The SMILES string of the molecule is CC(C)(C)Oc1nccnc1CN1CCC(C#Cc2ccccc2F)CC1. The summed E-state index contributed by atoms with van der Waals surface area (Å²) in [6, 6.07) is 6.67. The van der Waals surface area contributed by atoms with Gasteiger partial charge in [0, 0.05) is 24.9 Å². The van der Waals surface area contributed by atoms with E-state index in [-0.39, 0.29) is 11.4 Å². The summed E-state index contributed by atoms with van der Waals surface area (Å²) in [5, 5.41) is 0. The third-order valence-electron chi connectivity index (χ3n) is 4.38. The Hall–Kier alpha value is -2.45. The second-order valence-corrected chi connectivity index (χ2v) is 7.82. The number of nitrogens with zero attached hydrogens (tertiary/aromatic N) is 3. The first kappa shape index (κ1) is 19.3. The van der Waals surface area contributed by atoms with Crippen molar-refractivity contribution in [3.8, 4) is 17.7 Å². The minimum atomic E-state index is -0.305. The Morgan fingerprint density at radius 3 is 2.56 bits per heavy atom. The van der Waals surface area contributed by atoms with E-state index >= 15 is 0 Å². The molecule has 2 aromatic rings. The van der Waals surface area contributed by atoms with Gasteiger partial charge in [-0.2, -0.15) is 0 Å². The summed E-state index contributed by atoms with van der Waals surface area (Å²) in [6.07, 6.45) is 5.31. The normalized spacial score (nSPS) is 15.9. The van der Waals surface area contributed by atoms with Gasteiger partial charge in [-0.1, -0.05) is 24.0 Å². The molecular weight excluding hydrogens is 341 g/mol. The van der Waals surface area contributed by atoms with Gasteiger partial charge in [0.15, 0.2) is 0 Å². The molecule has 0 bridgehead atoms. The number of hydrogen-bond donors (Lipinski definition) is 0. The van der Waals surface area contributed by atoms with Crippen LogP contribution in [0.25, 0.3) is 0 Å². The van der Waals surface area contributed by atoms with Gasteiger partial charge < -0.3 is 4.74 Å². The molecule has 1 aromatic carbocycles. The number of benzene rings is 1. The van der Waals surface area contributed by atoms with Crippen LogP contribution in [0.3, 0.4) is 0 Å². The molecule has 0 amide bonds. The molecule has 5 heteroatoms. The minimum Gasteiger partial charge on any atom is -0.471 e. The Bertz CT molecular complexity index is 827. The largest absolute Gasteiger partial charge is 0.471 e. The number of halogens is 1. The van der Waals surface area contributed by atoms with Gasteiger partial charge in [-0.15, -0.1) is 0 Å². The lowest BCUT2D eigenvalue weighted by Crippen LogP contribution is -2.33. The van der Waals surface area contributed by atoms with E-state index < -0.39 is 0 Å². The summed E-state index contributed by atoms with van der Waals surface area (Å²) < 4.78 is 19.6. The van der Waals surface area contributed by atoms with E-state index in [0.717, 1.165) is 31.6 Å². The molecule has 0 spiro atoms. The lowest BCUT2D eigenvalue weighted by atomic mass is 9.97. The number of aromatic nitrogens is 2. The number of piperidine rings is 1. The van der Waals surface area contributed by atoms with Crippen LogP contribution in [0.1, 0.15) is 44.9 Å². The molecule has 0 aliphatic carbocycles. The lowest BCUT2D eigenvalue weighted by Gasteiger charge is -2.30. The molecule has 0 unspecified atom stereocenters. The molecule has 2 heterocycles. The minimum absolute atomic E-state index is 0.253. The summed E-state index contributed by atoms with van der Waals surface area (Å²) in [7, 11) is 0. The Labute approximate surface area is 160 Å². The molecule has 4 nitrogen and oxygen atoms in total. The quantitative estimate of drug-likeness (QED) is 0.767. The maximum absolute atomic E-state index is 13.7. The van der Waals surface area contributed by atoms with Crippen molar-refractivity contribution in [1.82, 2.24) is 14.9 Å². The summed E-state index contributed by atoms with van der Waals surface area (Å²) in [4.78, 5) is 11.2. The van der Waals surface area contributed by atoms with Crippen molar-refractivity contribution in [2.75, 3.05) is 13.1 Å². The Kier molecular flexibility index (Phi) is 6.08. The fourth-order valence-electron chi connectivity index (χ4n) is 3.03. The van der Waals surface area contributed by atoms with Crippen molar-refractivity contribution in [2.24, 2.45) is 5.92 Å². The van der Waals surface area contributed by atoms with E-state index in [9.17, 15) is 4.39 Å². The van der Waals surface area contributed by atoms with Crippen LogP contribution in [0.5, 0.6) is 5.88 Å². The van der Waals surface area contributed by atoms with Gasteiger partial charge in [-0.25, -0.2) is 9.37 Å². The molecule has 0 atom stereocenters. The lowest BCUT2D eigenvalue weighted by molar-refractivity contribution is 0.117. The van der Waals surface area contributed by atoms with Crippen molar-refractivity contribution in [3.05, 3.63) is 53.7 Å². The molecule has 0 saturated carbocycles. The van der Waals surface area contributed by atoms with Gasteiger partial charge in [-0.3, -0.25) is 9.88 Å². The van der Waals surface area contributed by atoms with Crippen LogP contribution in [0.2, 0.25) is 0 Å². The van der Waals surface area contributed by atoms with Crippen LogP contribution in [0.4, 0.5) is 4.39 Å². The number of hydrogen-bond acceptors (Lipinski definition) is 4. The van der Waals surface area contributed by atoms with Gasteiger partial charge in [0.2, 0.25) is 5.88 Å². The van der Waals surface area contributed by atoms with E-state index in [4.69, 9.17) is 4.74 Å². The first-order valence-electron chi connectivity index (χ1n) is 9.38. The van der Waals surface area contributed by atoms with E-state index in [1.807, 2.05) is 26.8 Å². The highest BCUT2D eigenvalue weighted by atomic mass is 19.1. The summed E-state index contributed by atoms with van der Waals surface area (Å²) in [5.74, 6) is 6.88. The van der Waals surface area contributed by atoms with Gasteiger partial charge in [0.1, 0.15) is 17.1 Å². The summed E-state index contributed by atoms with van der Waals surface area (Å²) in [5.41, 5.74) is 1.03. The maximum atomic E-state index is 13.7. The van der Waals surface area contributed by atoms with Crippen molar-refractivity contribution in [3.63, 3.8) is 0 Å². The van der Waals surface area contributed by atoms with Crippen molar-refractivity contribution in [1.29, 1.82) is 0 Å². The molecule has 1 aliphatic heterocycles. The fourth-order valence-corrected chi connectivity index (χ4v) is 3.03. The number of likely N-dealkylation sites (tertiary alicyclic amines) is 1. The van der Waals surface area contributed by atoms with Gasteiger partial charge >= 0.3 is 0 Å². The number of ether oxygens (including phenoxy) is 1. The topological polar surface area (TPSA) is 38.3 Å². The third-order valence-corrected chi connectivity index (χ3v) is 4.38. The second-order valence-electron chi connectivity index (χ2n) is 7.82. The van der Waals surface area contributed by atoms with E-state index in [1.54, 1.807) is 24.5 Å². The summed E-state index contributed by atoms with van der Waals surface area (Å²) in [6.45, 7) is 8.60. The third kappa shape index (κ3) is 5.77. The highest BCUT2D eigenvalue weighted by Gasteiger charge is 2.21. The molecule has 142 valence electrons. The molecule has 1 fully saturated rings. The van der Waals surface area contributed by atoms with Crippen LogP contribution in [-0.4, -0.2) is 33.6 Å². The molecule has 3 rings (SSSR count). The Morgan fingerprint density at radius 1 is 1.15 bits per heavy atom.